The van der Waals surface area contributed by atoms with Crippen LogP contribution in [0.4, 0.5) is 0 Å². The van der Waals surface area contributed by atoms with Crippen molar-refractivity contribution in [3.63, 3.8) is 0 Å². The number of nitrogens with zero attached hydrogens (tertiary/aromatic N) is 5. The number of aromatic nitrogens is 5. The molecule has 0 unspecified atom stereocenters. The van der Waals surface area contributed by atoms with Crippen molar-refractivity contribution < 1.29 is 0 Å². The van der Waals surface area contributed by atoms with Gasteiger partial charge < -0.3 is 8.97 Å². The van der Waals surface area contributed by atoms with Gasteiger partial charge in [-0.25, -0.2) is 4.98 Å². The van der Waals surface area contributed by atoms with E-state index in [2.05, 4.69) is 31.1 Å². The van der Waals surface area contributed by atoms with E-state index in [0.717, 1.165) is 26.7 Å². The summed E-state index contributed by atoms with van der Waals surface area (Å²) in [6.07, 6.45) is 5.73. The first kappa shape index (κ1) is 11.7. The molecule has 3 rings (SSSR count). The Balaban J connectivity index is 1.81. The van der Waals surface area contributed by atoms with Gasteiger partial charge in [-0.1, -0.05) is 11.8 Å². The Morgan fingerprint density at radius 3 is 3.00 bits per heavy atom. The molecule has 3 aromatic heterocycles. The van der Waals surface area contributed by atoms with Crippen LogP contribution in [-0.4, -0.2) is 24.1 Å². The van der Waals surface area contributed by atoms with E-state index in [1.165, 1.54) is 0 Å². The van der Waals surface area contributed by atoms with E-state index in [0.29, 0.717) is 0 Å². The molecule has 3 aromatic rings. The smallest absolute Gasteiger partial charge is 0.191 e. The van der Waals surface area contributed by atoms with Gasteiger partial charge in [0.2, 0.25) is 0 Å². The molecule has 0 aliphatic heterocycles. The van der Waals surface area contributed by atoms with E-state index in [1.54, 1.807) is 18.1 Å². The molecule has 0 fully saturated rings. The highest BCUT2D eigenvalue weighted by molar-refractivity contribution is 9.10. The molecule has 0 bridgehead atoms. The molecular formula is C11H10BrN5S. The minimum atomic E-state index is 0.784. The van der Waals surface area contributed by atoms with E-state index in [9.17, 15) is 0 Å². The lowest BCUT2D eigenvalue weighted by atomic mass is 10.5. The average molecular weight is 324 g/mol. The molecule has 0 saturated heterocycles. The quantitative estimate of drug-likeness (QED) is 0.695. The molecule has 7 heteroatoms. The maximum absolute atomic E-state index is 4.55. The third-order valence-electron chi connectivity index (χ3n) is 2.48. The van der Waals surface area contributed by atoms with Crippen LogP contribution in [0.25, 0.3) is 5.65 Å². The number of halogens is 1. The van der Waals surface area contributed by atoms with Crippen LogP contribution in [0.1, 0.15) is 5.69 Å². The molecule has 0 amide bonds. The Kier molecular flexibility index (Phi) is 3.09. The number of imidazole rings is 1. The van der Waals surface area contributed by atoms with E-state index in [4.69, 9.17) is 0 Å². The number of hydrogen-bond acceptors (Lipinski definition) is 4. The zero-order valence-corrected chi connectivity index (χ0v) is 12.0. The molecule has 0 saturated carbocycles. The van der Waals surface area contributed by atoms with Crippen LogP contribution < -0.4 is 0 Å². The summed E-state index contributed by atoms with van der Waals surface area (Å²) < 4.78 is 4.95. The number of fused-ring (bicyclic) bond motifs is 1. The van der Waals surface area contributed by atoms with Gasteiger partial charge in [-0.3, -0.25) is 0 Å². The van der Waals surface area contributed by atoms with Crippen molar-refractivity contribution in [1.82, 2.24) is 24.1 Å². The van der Waals surface area contributed by atoms with Crippen LogP contribution in [0.3, 0.4) is 0 Å². The predicted octanol–water partition coefficient (Wildman–Crippen LogP) is 2.52. The molecule has 5 nitrogen and oxygen atoms in total. The molecule has 3 heterocycles. The fourth-order valence-corrected chi connectivity index (χ4v) is 2.75. The number of rotatable bonds is 3. The second-order valence-corrected chi connectivity index (χ2v) is 5.72. The van der Waals surface area contributed by atoms with E-state index in [1.807, 2.05) is 40.5 Å². The van der Waals surface area contributed by atoms with Crippen molar-refractivity contribution in [2.45, 2.75) is 10.9 Å². The van der Waals surface area contributed by atoms with Gasteiger partial charge in [-0.15, -0.1) is 10.2 Å². The zero-order valence-electron chi connectivity index (χ0n) is 9.62. The minimum Gasteiger partial charge on any atom is -0.312 e. The normalized spacial score (nSPS) is 11.2. The van der Waals surface area contributed by atoms with Crippen LogP contribution in [-0.2, 0) is 12.8 Å². The van der Waals surface area contributed by atoms with Gasteiger partial charge in [0.25, 0.3) is 0 Å². The maximum Gasteiger partial charge on any atom is 0.191 e. The average Bonchev–Trinajstić information content (AvgIpc) is 2.92. The number of aryl methyl sites for hydroxylation is 1. The molecule has 0 aliphatic carbocycles. The van der Waals surface area contributed by atoms with E-state index >= 15 is 0 Å². The summed E-state index contributed by atoms with van der Waals surface area (Å²) in [4.78, 5) is 4.55. The van der Waals surface area contributed by atoms with Gasteiger partial charge in [-0.05, 0) is 28.1 Å². The first-order valence-corrected chi connectivity index (χ1v) is 7.10. The van der Waals surface area contributed by atoms with Crippen molar-refractivity contribution >= 4 is 33.3 Å². The molecule has 18 heavy (non-hydrogen) atoms. The molecule has 0 aromatic carbocycles. The van der Waals surface area contributed by atoms with Crippen LogP contribution >= 0.6 is 27.7 Å². The summed E-state index contributed by atoms with van der Waals surface area (Å²) in [6.45, 7) is 0. The summed E-state index contributed by atoms with van der Waals surface area (Å²) in [7, 11) is 1.93. The number of thioether (sulfide) groups is 1. The van der Waals surface area contributed by atoms with Gasteiger partial charge in [0, 0.05) is 29.7 Å². The van der Waals surface area contributed by atoms with Gasteiger partial charge in [0.15, 0.2) is 5.16 Å². The zero-order chi connectivity index (χ0) is 12.5. The monoisotopic (exact) mass is 323 g/mol. The second kappa shape index (κ2) is 4.74. The molecule has 0 radical (unpaired) electrons. The second-order valence-electron chi connectivity index (χ2n) is 3.86. The molecular weight excluding hydrogens is 314 g/mol. The Bertz CT molecular complexity index is 690. The highest BCUT2D eigenvalue weighted by Gasteiger charge is 2.05. The Morgan fingerprint density at radius 2 is 2.22 bits per heavy atom. The number of hydrogen-bond donors (Lipinski definition) is 0. The topological polar surface area (TPSA) is 48.0 Å². The van der Waals surface area contributed by atoms with Gasteiger partial charge in [-0.2, -0.15) is 0 Å². The van der Waals surface area contributed by atoms with Crippen LogP contribution in [0.5, 0.6) is 0 Å². The molecule has 0 atom stereocenters. The SMILES string of the molecule is Cn1cnnc1SCc1cn2cc(Br)ccc2n1. The summed E-state index contributed by atoms with van der Waals surface area (Å²) >= 11 is 5.07. The van der Waals surface area contributed by atoms with Gasteiger partial charge in [0.05, 0.1) is 5.69 Å². The van der Waals surface area contributed by atoms with Crippen molar-refractivity contribution in [1.29, 1.82) is 0 Å². The first-order chi connectivity index (χ1) is 8.72. The maximum atomic E-state index is 4.55. The van der Waals surface area contributed by atoms with Crippen LogP contribution in [0, 0.1) is 0 Å². The lowest BCUT2D eigenvalue weighted by molar-refractivity contribution is 0.788. The largest absolute Gasteiger partial charge is 0.312 e. The van der Waals surface area contributed by atoms with Gasteiger partial charge >= 0.3 is 0 Å². The molecule has 0 spiro atoms. The Labute approximate surface area is 116 Å². The van der Waals surface area contributed by atoms with Crippen molar-refractivity contribution in [2.75, 3.05) is 0 Å². The Hall–Kier alpha value is -1.34. The van der Waals surface area contributed by atoms with Gasteiger partial charge in [0.1, 0.15) is 12.0 Å². The van der Waals surface area contributed by atoms with E-state index < -0.39 is 0 Å². The fraction of sp³-hybridized carbons (Fsp3) is 0.182. The predicted molar refractivity (Wildman–Crippen MR) is 73.5 cm³/mol. The van der Waals surface area contributed by atoms with Crippen LogP contribution in [0.2, 0.25) is 0 Å². The van der Waals surface area contributed by atoms with Crippen LogP contribution in [0.15, 0.2) is 40.5 Å². The third kappa shape index (κ3) is 2.28. The minimum absolute atomic E-state index is 0.784. The lowest BCUT2D eigenvalue weighted by Crippen LogP contribution is -1.89. The summed E-state index contributed by atoms with van der Waals surface area (Å²) in [5.41, 5.74) is 1.98. The summed E-state index contributed by atoms with van der Waals surface area (Å²) in [5.74, 6) is 0.784. The van der Waals surface area contributed by atoms with Crippen molar-refractivity contribution in [3.8, 4) is 0 Å². The fourth-order valence-electron chi connectivity index (χ4n) is 1.63. The standard InChI is InChI=1S/C11H10BrN5S/c1-16-7-13-15-11(16)18-6-9-5-17-4-8(12)2-3-10(17)14-9/h2-5,7H,6H2,1H3. The van der Waals surface area contributed by atoms with Crippen molar-refractivity contribution in [2.24, 2.45) is 7.05 Å². The molecule has 0 N–H and O–H groups in total. The molecule has 0 aliphatic rings. The summed E-state index contributed by atoms with van der Waals surface area (Å²) in [5, 5.41) is 8.78. The van der Waals surface area contributed by atoms with E-state index in [-0.39, 0.29) is 0 Å². The third-order valence-corrected chi connectivity index (χ3v) is 4.02. The Morgan fingerprint density at radius 1 is 1.33 bits per heavy atom. The lowest BCUT2D eigenvalue weighted by Gasteiger charge is -1.96. The van der Waals surface area contributed by atoms with Crippen molar-refractivity contribution in [3.05, 3.63) is 41.0 Å². The first-order valence-electron chi connectivity index (χ1n) is 5.32. The summed E-state index contributed by atoms with van der Waals surface area (Å²) in [6, 6.07) is 3.97. The highest BCUT2D eigenvalue weighted by atomic mass is 79.9. The molecule has 92 valence electrons. The number of pyridine rings is 1. The highest BCUT2D eigenvalue weighted by Crippen LogP contribution is 2.20.